The van der Waals surface area contributed by atoms with Crippen LogP contribution < -0.4 is 5.56 Å². The number of esters is 2. The molecule has 2 atom stereocenters. The van der Waals surface area contributed by atoms with Gasteiger partial charge in [0.15, 0.2) is 0 Å². The van der Waals surface area contributed by atoms with Crippen LogP contribution in [0.25, 0.3) is 10.2 Å². The number of thiophene rings is 1. The van der Waals surface area contributed by atoms with E-state index in [1.807, 2.05) is 0 Å². The van der Waals surface area contributed by atoms with E-state index in [0.29, 0.717) is 26.6 Å². The van der Waals surface area contributed by atoms with Crippen molar-refractivity contribution in [2.24, 2.45) is 5.92 Å². The van der Waals surface area contributed by atoms with Gasteiger partial charge in [0, 0.05) is 0 Å². The first-order valence-corrected chi connectivity index (χ1v) is 10.5. The molecule has 2 aromatic rings. The molecule has 8 heteroatoms. The van der Waals surface area contributed by atoms with Gasteiger partial charge in [0.25, 0.3) is 5.56 Å². The smallest absolute Gasteiger partial charge is 0.348 e. The lowest BCUT2D eigenvalue weighted by atomic mass is 9.89. The van der Waals surface area contributed by atoms with E-state index in [1.165, 1.54) is 10.9 Å². The lowest BCUT2D eigenvalue weighted by molar-refractivity contribution is -0.152. The summed E-state index contributed by atoms with van der Waals surface area (Å²) in [5.41, 5.74) is 0.184. The Bertz CT molecular complexity index is 946. The van der Waals surface area contributed by atoms with Crippen molar-refractivity contribution in [1.82, 2.24) is 9.55 Å². The Labute approximate surface area is 167 Å². The van der Waals surface area contributed by atoms with Crippen molar-refractivity contribution in [2.75, 3.05) is 0 Å². The molecule has 0 aromatic carbocycles. The third-order valence-electron chi connectivity index (χ3n) is 4.93. The molecule has 7 nitrogen and oxygen atoms in total. The van der Waals surface area contributed by atoms with Gasteiger partial charge in [0.1, 0.15) is 22.4 Å². The molecule has 1 fully saturated rings. The van der Waals surface area contributed by atoms with Gasteiger partial charge in [0.2, 0.25) is 0 Å². The molecule has 0 unspecified atom stereocenters. The Morgan fingerprint density at radius 2 is 2.11 bits per heavy atom. The van der Waals surface area contributed by atoms with Crippen molar-refractivity contribution in [2.45, 2.75) is 72.1 Å². The molecule has 0 bridgehead atoms. The third kappa shape index (κ3) is 4.43. The zero-order valence-corrected chi connectivity index (χ0v) is 17.5. The topological polar surface area (TPSA) is 87.5 Å². The number of nitrogens with zero attached hydrogens (tertiary/aromatic N) is 2. The molecule has 0 saturated heterocycles. The van der Waals surface area contributed by atoms with E-state index in [9.17, 15) is 14.4 Å². The molecule has 0 radical (unpaired) electrons. The molecule has 2 aromatic heterocycles. The number of ether oxygens (including phenoxy) is 2. The maximum Gasteiger partial charge on any atom is 0.348 e. The number of carbonyl (C=O) groups is 2. The predicted molar refractivity (Wildman–Crippen MR) is 107 cm³/mol. The standard InChI is InChI=1S/C20H26N2O5S/c1-11(2)26-20(25)17-13(4)16-18(28-17)21-10-22(19(16)24)9-15(23)27-14-7-5-6-12(3)8-14/h10-12,14H,5-9H2,1-4H3/t12-,14+/m1/s1. The van der Waals surface area contributed by atoms with Crippen LogP contribution in [0.2, 0.25) is 0 Å². The summed E-state index contributed by atoms with van der Waals surface area (Å²) in [5.74, 6) is -0.355. The quantitative estimate of drug-likeness (QED) is 0.707. The highest BCUT2D eigenvalue weighted by molar-refractivity contribution is 7.20. The lowest BCUT2D eigenvalue weighted by Crippen LogP contribution is -2.30. The van der Waals surface area contributed by atoms with Crippen molar-refractivity contribution in [1.29, 1.82) is 0 Å². The number of rotatable bonds is 5. The highest BCUT2D eigenvalue weighted by atomic mass is 32.1. The van der Waals surface area contributed by atoms with Crippen LogP contribution >= 0.6 is 11.3 Å². The van der Waals surface area contributed by atoms with Crippen molar-refractivity contribution in [3.63, 3.8) is 0 Å². The van der Waals surface area contributed by atoms with Crippen molar-refractivity contribution in [3.05, 3.63) is 27.1 Å². The second-order valence-corrected chi connectivity index (χ2v) is 8.75. The fourth-order valence-corrected chi connectivity index (χ4v) is 4.60. The fourth-order valence-electron chi connectivity index (χ4n) is 3.58. The highest BCUT2D eigenvalue weighted by Crippen LogP contribution is 2.28. The first kappa shape index (κ1) is 20.5. The van der Waals surface area contributed by atoms with Gasteiger partial charge < -0.3 is 9.47 Å². The highest BCUT2D eigenvalue weighted by Gasteiger charge is 2.24. The molecule has 152 valence electrons. The van der Waals surface area contributed by atoms with Gasteiger partial charge >= 0.3 is 11.9 Å². The van der Waals surface area contributed by atoms with E-state index in [-0.39, 0.29) is 24.3 Å². The zero-order chi connectivity index (χ0) is 20.4. The average molecular weight is 407 g/mol. The number of fused-ring (bicyclic) bond motifs is 1. The molecule has 0 N–H and O–H groups in total. The molecular formula is C20H26N2O5S. The normalized spacial score (nSPS) is 19.8. The number of hydrogen-bond acceptors (Lipinski definition) is 7. The Morgan fingerprint density at radius 3 is 2.79 bits per heavy atom. The maximum absolute atomic E-state index is 12.9. The number of aromatic nitrogens is 2. The van der Waals surface area contributed by atoms with Crippen molar-refractivity contribution >= 4 is 33.5 Å². The molecule has 28 heavy (non-hydrogen) atoms. The summed E-state index contributed by atoms with van der Waals surface area (Å²) in [6, 6.07) is 0. The second kappa shape index (κ2) is 8.43. The van der Waals surface area contributed by atoms with E-state index in [2.05, 4.69) is 11.9 Å². The number of carbonyl (C=O) groups excluding carboxylic acids is 2. The molecule has 1 aliphatic carbocycles. The Morgan fingerprint density at radius 1 is 1.36 bits per heavy atom. The van der Waals surface area contributed by atoms with E-state index in [0.717, 1.165) is 37.0 Å². The van der Waals surface area contributed by atoms with Gasteiger partial charge in [-0.3, -0.25) is 14.2 Å². The fraction of sp³-hybridized carbons (Fsp3) is 0.600. The zero-order valence-electron chi connectivity index (χ0n) is 16.7. The van der Waals surface area contributed by atoms with Crippen LogP contribution in [0.1, 0.15) is 61.7 Å². The van der Waals surface area contributed by atoms with E-state index >= 15 is 0 Å². The minimum Gasteiger partial charge on any atom is -0.461 e. The molecular weight excluding hydrogens is 380 g/mol. The van der Waals surface area contributed by atoms with Crippen LogP contribution in [-0.2, 0) is 20.8 Å². The van der Waals surface area contributed by atoms with Crippen LogP contribution in [0.3, 0.4) is 0 Å². The van der Waals surface area contributed by atoms with Crippen LogP contribution in [0, 0.1) is 12.8 Å². The van der Waals surface area contributed by atoms with E-state index in [4.69, 9.17) is 9.47 Å². The third-order valence-corrected chi connectivity index (χ3v) is 6.11. The largest absolute Gasteiger partial charge is 0.461 e. The van der Waals surface area contributed by atoms with E-state index in [1.54, 1.807) is 20.8 Å². The summed E-state index contributed by atoms with van der Waals surface area (Å²) in [4.78, 5) is 42.5. The first-order valence-electron chi connectivity index (χ1n) is 9.65. The van der Waals surface area contributed by atoms with Crippen LogP contribution in [-0.4, -0.2) is 33.7 Å². The molecule has 0 spiro atoms. The maximum atomic E-state index is 12.9. The van der Waals surface area contributed by atoms with Crippen molar-refractivity contribution in [3.8, 4) is 0 Å². The number of aryl methyl sites for hydroxylation is 1. The van der Waals surface area contributed by atoms with Gasteiger partial charge in [-0.25, -0.2) is 9.78 Å². The Balaban J connectivity index is 1.80. The summed E-state index contributed by atoms with van der Waals surface area (Å²) in [6.07, 6.45) is 4.95. The SMILES string of the molecule is Cc1c(C(=O)OC(C)C)sc2ncn(CC(=O)O[C@H]3CCC[C@@H](C)C3)c(=O)c12. The molecule has 3 rings (SSSR count). The summed E-state index contributed by atoms with van der Waals surface area (Å²) in [7, 11) is 0. The Hall–Kier alpha value is -2.22. The van der Waals surface area contributed by atoms with Crippen molar-refractivity contribution < 1.29 is 19.1 Å². The van der Waals surface area contributed by atoms with Gasteiger partial charge in [-0.1, -0.05) is 13.3 Å². The van der Waals surface area contributed by atoms with Crippen LogP contribution in [0.5, 0.6) is 0 Å². The van der Waals surface area contributed by atoms with Crippen LogP contribution in [0.4, 0.5) is 0 Å². The molecule has 0 amide bonds. The minimum atomic E-state index is -0.465. The molecule has 0 aliphatic heterocycles. The minimum absolute atomic E-state index is 0.0797. The van der Waals surface area contributed by atoms with Gasteiger partial charge in [0.05, 0.1) is 17.8 Å². The summed E-state index contributed by atoms with van der Waals surface area (Å²) >= 11 is 1.13. The summed E-state index contributed by atoms with van der Waals surface area (Å²) in [6.45, 7) is 7.21. The monoisotopic (exact) mass is 406 g/mol. The lowest BCUT2D eigenvalue weighted by Gasteiger charge is -2.26. The average Bonchev–Trinajstić information content (AvgIpc) is 2.94. The summed E-state index contributed by atoms with van der Waals surface area (Å²) in [5, 5.41) is 0.349. The molecule has 2 heterocycles. The van der Waals surface area contributed by atoms with Gasteiger partial charge in [-0.15, -0.1) is 11.3 Å². The molecule has 1 aliphatic rings. The van der Waals surface area contributed by atoms with Gasteiger partial charge in [-0.05, 0) is 51.5 Å². The molecule has 1 saturated carbocycles. The Kier molecular flexibility index (Phi) is 6.17. The number of hydrogen-bond donors (Lipinski definition) is 0. The van der Waals surface area contributed by atoms with E-state index < -0.39 is 11.9 Å². The predicted octanol–water partition coefficient (Wildman–Crippen LogP) is 3.45. The first-order chi connectivity index (χ1) is 13.3. The summed E-state index contributed by atoms with van der Waals surface area (Å²) < 4.78 is 12.0. The second-order valence-electron chi connectivity index (χ2n) is 7.75. The van der Waals surface area contributed by atoms with Gasteiger partial charge in [-0.2, -0.15) is 0 Å². The van der Waals surface area contributed by atoms with Crippen LogP contribution in [0.15, 0.2) is 11.1 Å².